The van der Waals surface area contributed by atoms with Gasteiger partial charge in [0.25, 0.3) is 11.2 Å². The number of hydrogen-bond donors (Lipinski definition) is 0. The maximum absolute atomic E-state index is 13.5. The first-order valence-corrected chi connectivity index (χ1v) is 7.99. The van der Waals surface area contributed by atoms with E-state index in [1.165, 1.54) is 29.0 Å². The Morgan fingerprint density at radius 1 is 1.16 bits per heavy atom. The maximum Gasteiger partial charge on any atom is 0.285 e. The lowest BCUT2D eigenvalue weighted by molar-refractivity contribution is -0.385. The van der Waals surface area contributed by atoms with Crippen molar-refractivity contribution in [1.29, 1.82) is 0 Å². The molecule has 2 aromatic rings. The minimum Gasteiger partial charge on any atom is -0.308 e. The Balaban J connectivity index is 1.74. The lowest BCUT2D eigenvalue weighted by atomic mass is 10.0. The van der Waals surface area contributed by atoms with Gasteiger partial charge in [0, 0.05) is 31.3 Å². The largest absolute Gasteiger partial charge is 0.308 e. The highest BCUT2D eigenvalue weighted by molar-refractivity contribution is 5.25. The van der Waals surface area contributed by atoms with Gasteiger partial charge in [-0.2, -0.15) is 0 Å². The molecule has 2 heterocycles. The number of pyridine rings is 1. The Morgan fingerprint density at radius 2 is 1.96 bits per heavy atom. The fraction of sp³-hybridized carbons (Fsp3) is 0.353. The number of nitro groups is 1. The lowest BCUT2D eigenvalue weighted by Crippen LogP contribution is -2.30. The Bertz CT molecular complexity index is 853. The molecule has 3 rings (SSSR count). The molecule has 1 saturated heterocycles. The molecule has 0 amide bonds. The maximum atomic E-state index is 13.5. The highest BCUT2D eigenvalue weighted by atomic mass is 19.2. The quantitative estimate of drug-likeness (QED) is 0.615. The normalized spacial score (nSPS) is 17.8. The number of likely N-dealkylation sites (tertiary alicyclic amines) is 1. The average Bonchev–Trinajstić information content (AvgIpc) is 3.05. The smallest absolute Gasteiger partial charge is 0.285 e. The predicted molar refractivity (Wildman–Crippen MR) is 87.3 cm³/mol. The van der Waals surface area contributed by atoms with E-state index in [1.807, 2.05) is 0 Å². The highest BCUT2D eigenvalue weighted by Gasteiger charge is 2.26. The third kappa shape index (κ3) is 3.74. The molecule has 0 spiro atoms. The van der Waals surface area contributed by atoms with Crippen LogP contribution in [0, 0.1) is 21.7 Å². The second kappa shape index (κ2) is 7.10. The minimum atomic E-state index is -0.878. The van der Waals surface area contributed by atoms with Crippen molar-refractivity contribution in [3.8, 4) is 0 Å². The third-order valence-corrected chi connectivity index (χ3v) is 4.50. The van der Waals surface area contributed by atoms with Gasteiger partial charge in [0.1, 0.15) is 0 Å². The van der Waals surface area contributed by atoms with E-state index in [9.17, 15) is 23.7 Å². The van der Waals surface area contributed by atoms with Crippen molar-refractivity contribution in [2.75, 3.05) is 13.1 Å². The van der Waals surface area contributed by atoms with Gasteiger partial charge in [0.05, 0.1) is 11.1 Å². The number of benzene rings is 1. The third-order valence-electron chi connectivity index (χ3n) is 4.50. The van der Waals surface area contributed by atoms with Crippen LogP contribution in [0.4, 0.5) is 14.5 Å². The summed E-state index contributed by atoms with van der Waals surface area (Å²) in [6, 6.07) is 6.20. The summed E-state index contributed by atoms with van der Waals surface area (Å²) >= 11 is 0. The first-order chi connectivity index (χ1) is 12.0. The summed E-state index contributed by atoms with van der Waals surface area (Å²) < 4.78 is 27.9. The summed E-state index contributed by atoms with van der Waals surface area (Å²) in [6.07, 6.45) is 2.95. The van der Waals surface area contributed by atoms with E-state index >= 15 is 0 Å². The summed E-state index contributed by atoms with van der Waals surface area (Å²) in [7, 11) is 0. The monoisotopic (exact) mass is 349 g/mol. The zero-order chi connectivity index (χ0) is 18.0. The van der Waals surface area contributed by atoms with E-state index in [0.29, 0.717) is 18.7 Å². The molecule has 1 aromatic heterocycles. The van der Waals surface area contributed by atoms with Gasteiger partial charge in [-0.05, 0) is 37.1 Å². The van der Waals surface area contributed by atoms with Crippen LogP contribution >= 0.6 is 0 Å². The van der Waals surface area contributed by atoms with Gasteiger partial charge in [-0.1, -0.05) is 6.07 Å². The molecule has 0 radical (unpaired) electrons. The van der Waals surface area contributed by atoms with Gasteiger partial charge in [0.15, 0.2) is 11.6 Å². The number of halogens is 2. The van der Waals surface area contributed by atoms with Crippen molar-refractivity contribution in [3.63, 3.8) is 0 Å². The second-order valence-electron chi connectivity index (χ2n) is 6.04. The SMILES string of the molecule is O=c1ccc([N+](=O)[O-])cn1CCN1CCCC1c1ccc(F)c(F)c1. The van der Waals surface area contributed by atoms with Crippen molar-refractivity contribution in [3.05, 3.63) is 74.2 Å². The van der Waals surface area contributed by atoms with Crippen LogP contribution in [0.15, 0.2) is 41.3 Å². The standard InChI is InChI=1S/C17H17F2N3O3/c18-14-5-3-12(10-15(14)19)16-2-1-7-20(16)8-9-21-11-13(22(24)25)4-6-17(21)23/h3-6,10-11,16H,1-2,7-9H2. The van der Waals surface area contributed by atoms with Gasteiger partial charge in [0.2, 0.25) is 0 Å². The molecule has 1 aromatic carbocycles. The number of nitrogens with zero attached hydrogens (tertiary/aromatic N) is 3. The first-order valence-electron chi connectivity index (χ1n) is 7.99. The summed E-state index contributed by atoms with van der Waals surface area (Å²) in [4.78, 5) is 24.2. The van der Waals surface area contributed by atoms with Crippen LogP contribution in [0.2, 0.25) is 0 Å². The van der Waals surface area contributed by atoms with Crippen molar-refractivity contribution >= 4 is 5.69 Å². The van der Waals surface area contributed by atoms with Crippen LogP contribution in [0.3, 0.4) is 0 Å². The Hall–Kier alpha value is -2.61. The second-order valence-corrected chi connectivity index (χ2v) is 6.04. The fourth-order valence-corrected chi connectivity index (χ4v) is 3.23. The molecule has 1 fully saturated rings. The zero-order valence-corrected chi connectivity index (χ0v) is 13.4. The summed E-state index contributed by atoms with van der Waals surface area (Å²) in [5.41, 5.74) is 0.246. The molecule has 8 heteroatoms. The van der Waals surface area contributed by atoms with Gasteiger partial charge < -0.3 is 4.57 Å². The molecule has 6 nitrogen and oxygen atoms in total. The van der Waals surface area contributed by atoms with Crippen molar-refractivity contribution in [1.82, 2.24) is 9.47 Å². The zero-order valence-electron chi connectivity index (χ0n) is 13.4. The Labute approximate surface area is 142 Å². The van der Waals surface area contributed by atoms with E-state index in [1.54, 1.807) is 6.07 Å². The van der Waals surface area contributed by atoms with E-state index in [4.69, 9.17) is 0 Å². The van der Waals surface area contributed by atoms with Crippen LogP contribution in [0.1, 0.15) is 24.4 Å². The molecule has 0 N–H and O–H groups in total. The molecule has 1 aliphatic heterocycles. The highest BCUT2D eigenvalue weighted by Crippen LogP contribution is 2.32. The molecule has 1 unspecified atom stereocenters. The molecule has 1 aliphatic rings. The van der Waals surface area contributed by atoms with Gasteiger partial charge in [-0.25, -0.2) is 8.78 Å². The van der Waals surface area contributed by atoms with E-state index in [0.717, 1.165) is 25.5 Å². The van der Waals surface area contributed by atoms with Crippen molar-refractivity contribution < 1.29 is 13.7 Å². The van der Waals surface area contributed by atoms with Gasteiger partial charge >= 0.3 is 0 Å². The molecule has 0 bridgehead atoms. The molecule has 1 atom stereocenters. The average molecular weight is 349 g/mol. The predicted octanol–water partition coefficient (Wildman–Crippen LogP) is 2.87. The summed E-state index contributed by atoms with van der Waals surface area (Å²) in [6.45, 7) is 1.55. The Morgan fingerprint density at radius 3 is 2.68 bits per heavy atom. The van der Waals surface area contributed by atoms with Gasteiger partial charge in [-0.3, -0.25) is 19.8 Å². The molecular weight excluding hydrogens is 332 g/mol. The van der Waals surface area contributed by atoms with E-state index in [-0.39, 0.29) is 17.3 Å². The fourth-order valence-electron chi connectivity index (χ4n) is 3.23. The van der Waals surface area contributed by atoms with E-state index < -0.39 is 16.6 Å². The minimum absolute atomic E-state index is 0.0514. The number of rotatable bonds is 5. The summed E-state index contributed by atoms with van der Waals surface area (Å²) in [5.74, 6) is -1.75. The van der Waals surface area contributed by atoms with Crippen LogP contribution in [-0.2, 0) is 6.54 Å². The van der Waals surface area contributed by atoms with Gasteiger partial charge in [-0.15, -0.1) is 0 Å². The van der Waals surface area contributed by atoms with Crippen molar-refractivity contribution in [2.45, 2.75) is 25.4 Å². The van der Waals surface area contributed by atoms with Crippen molar-refractivity contribution in [2.24, 2.45) is 0 Å². The molecule has 0 aliphatic carbocycles. The molecular formula is C17H17F2N3O3. The molecule has 132 valence electrons. The van der Waals surface area contributed by atoms with Crippen LogP contribution in [0.25, 0.3) is 0 Å². The molecule has 0 saturated carbocycles. The number of hydrogen-bond acceptors (Lipinski definition) is 4. The van der Waals surface area contributed by atoms with Crippen LogP contribution in [0.5, 0.6) is 0 Å². The van der Waals surface area contributed by atoms with Crippen LogP contribution in [-0.4, -0.2) is 27.5 Å². The Kier molecular flexibility index (Phi) is 4.89. The van der Waals surface area contributed by atoms with Crippen LogP contribution < -0.4 is 5.56 Å². The molecule has 25 heavy (non-hydrogen) atoms. The summed E-state index contributed by atoms with van der Waals surface area (Å²) in [5, 5.41) is 10.8. The first kappa shape index (κ1) is 17.2. The van der Waals surface area contributed by atoms with E-state index in [2.05, 4.69) is 4.90 Å². The topological polar surface area (TPSA) is 68.4 Å². The lowest BCUT2D eigenvalue weighted by Gasteiger charge is -2.25. The number of aromatic nitrogens is 1.